The normalized spacial score (nSPS) is 12.6. The summed E-state index contributed by atoms with van der Waals surface area (Å²) >= 11 is 3.47. The molecule has 0 fully saturated rings. The molecule has 0 bridgehead atoms. The molecule has 2 atom stereocenters. The van der Waals surface area contributed by atoms with E-state index in [4.69, 9.17) is 0 Å². The van der Waals surface area contributed by atoms with Crippen molar-refractivity contribution in [1.29, 1.82) is 0 Å². The zero-order chi connectivity index (χ0) is 31.7. The van der Waals surface area contributed by atoms with Crippen LogP contribution in [0.3, 0.4) is 0 Å². The van der Waals surface area contributed by atoms with E-state index in [0.717, 1.165) is 26.0 Å². The van der Waals surface area contributed by atoms with Crippen molar-refractivity contribution in [3.63, 3.8) is 0 Å². The zero-order valence-electron chi connectivity index (χ0n) is 24.6. The van der Waals surface area contributed by atoms with Gasteiger partial charge in [0.2, 0.25) is 11.8 Å². The molecule has 1 N–H and O–H groups in total. The highest BCUT2D eigenvalue weighted by molar-refractivity contribution is 9.10. The first-order chi connectivity index (χ1) is 21.1. The maximum absolute atomic E-state index is 15.2. The number of para-hydroxylation sites is 1. The Morgan fingerprint density at radius 3 is 2.11 bits per heavy atom. The van der Waals surface area contributed by atoms with Gasteiger partial charge in [-0.15, -0.1) is 0 Å². The van der Waals surface area contributed by atoms with Crippen molar-refractivity contribution in [2.45, 2.75) is 50.2 Å². The standard InChI is InChI=1S/C34H35BrFN3O4S/c1-3-25(2)37-34(41)32(22-26-13-6-4-7-14-26)38(23-27-15-12-16-28(35)21-27)33(40)24-39(31-20-11-10-19-30(31)36)44(42,43)29-17-8-5-9-18-29/h4-21,25,32H,3,22-24H2,1-2H3,(H,37,41)/t25-,32+/m1/s1. The Bertz CT molecular complexity index is 1670. The summed E-state index contributed by atoms with van der Waals surface area (Å²) in [6.45, 7) is 3.11. The molecular formula is C34H35BrFN3O4S. The van der Waals surface area contributed by atoms with Crippen molar-refractivity contribution >= 4 is 43.5 Å². The summed E-state index contributed by atoms with van der Waals surface area (Å²) in [5.74, 6) is -1.82. The SMILES string of the molecule is CC[C@@H](C)NC(=O)[C@H](Cc1ccccc1)N(Cc1cccc(Br)c1)C(=O)CN(c1ccccc1F)S(=O)(=O)c1ccccc1. The molecular weight excluding hydrogens is 645 g/mol. The van der Waals surface area contributed by atoms with Gasteiger partial charge in [0.1, 0.15) is 18.4 Å². The maximum Gasteiger partial charge on any atom is 0.264 e. The number of rotatable bonds is 13. The molecule has 4 aromatic rings. The molecule has 230 valence electrons. The number of hydrogen-bond donors (Lipinski definition) is 1. The average Bonchev–Trinajstić information content (AvgIpc) is 3.02. The van der Waals surface area contributed by atoms with Gasteiger partial charge in [0.25, 0.3) is 10.0 Å². The highest BCUT2D eigenvalue weighted by Gasteiger charge is 2.35. The lowest BCUT2D eigenvalue weighted by Crippen LogP contribution is -2.54. The van der Waals surface area contributed by atoms with Crippen LogP contribution in [0.2, 0.25) is 0 Å². The number of halogens is 2. The molecule has 4 rings (SSSR count). The third kappa shape index (κ3) is 8.33. The number of benzene rings is 4. The van der Waals surface area contributed by atoms with Crippen molar-refractivity contribution in [3.8, 4) is 0 Å². The number of anilines is 1. The topological polar surface area (TPSA) is 86.8 Å². The molecule has 0 aliphatic heterocycles. The van der Waals surface area contributed by atoms with Gasteiger partial charge >= 0.3 is 0 Å². The predicted molar refractivity (Wildman–Crippen MR) is 174 cm³/mol. The summed E-state index contributed by atoms with van der Waals surface area (Å²) in [6, 6.07) is 28.5. The molecule has 0 radical (unpaired) electrons. The third-order valence-corrected chi connectivity index (χ3v) is 9.51. The number of carbonyl (C=O) groups excluding carboxylic acids is 2. The van der Waals surface area contributed by atoms with Crippen LogP contribution in [0.5, 0.6) is 0 Å². The van der Waals surface area contributed by atoms with Gasteiger partial charge in [0.05, 0.1) is 10.6 Å². The Morgan fingerprint density at radius 2 is 1.48 bits per heavy atom. The van der Waals surface area contributed by atoms with E-state index in [1.807, 2.05) is 68.4 Å². The number of nitrogens with one attached hydrogen (secondary N) is 1. The van der Waals surface area contributed by atoms with Crippen molar-refractivity contribution < 1.29 is 22.4 Å². The third-order valence-electron chi connectivity index (χ3n) is 7.25. The summed E-state index contributed by atoms with van der Waals surface area (Å²) in [4.78, 5) is 29.5. The van der Waals surface area contributed by atoms with Crippen LogP contribution in [0.25, 0.3) is 0 Å². The molecule has 0 aliphatic carbocycles. The molecule has 0 saturated heterocycles. The van der Waals surface area contributed by atoms with E-state index in [9.17, 15) is 18.0 Å². The van der Waals surface area contributed by atoms with Crippen LogP contribution in [0, 0.1) is 5.82 Å². The van der Waals surface area contributed by atoms with E-state index in [1.54, 1.807) is 18.2 Å². The summed E-state index contributed by atoms with van der Waals surface area (Å²) in [7, 11) is -4.37. The second-order valence-corrected chi connectivity index (χ2v) is 13.2. The quantitative estimate of drug-likeness (QED) is 0.179. The van der Waals surface area contributed by atoms with Crippen LogP contribution in [0.4, 0.5) is 10.1 Å². The van der Waals surface area contributed by atoms with Crippen LogP contribution in [0.15, 0.2) is 119 Å². The Balaban J connectivity index is 1.81. The molecule has 0 aromatic heterocycles. The van der Waals surface area contributed by atoms with E-state index >= 15 is 4.39 Å². The number of hydrogen-bond acceptors (Lipinski definition) is 4. The monoisotopic (exact) mass is 679 g/mol. The predicted octanol–water partition coefficient (Wildman–Crippen LogP) is 6.34. The van der Waals surface area contributed by atoms with Gasteiger partial charge in [0.15, 0.2) is 0 Å². The highest BCUT2D eigenvalue weighted by Crippen LogP contribution is 2.27. The van der Waals surface area contributed by atoms with Gasteiger partial charge in [-0.25, -0.2) is 12.8 Å². The van der Waals surface area contributed by atoms with Crippen LogP contribution in [0.1, 0.15) is 31.4 Å². The first-order valence-electron chi connectivity index (χ1n) is 14.3. The summed E-state index contributed by atoms with van der Waals surface area (Å²) in [5, 5.41) is 3.00. The molecule has 0 unspecified atom stereocenters. The van der Waals surface area contributed by atoms with Crippen molar-refractivity contribution in [2.75, 3.05) is 10.8 Å². The number of nitrogens with zero attached hydrogens (tertiary/aromatic N) is 2. The Hall–Kier alpha value is -4.02. The minimum atomic E-state index is -4.37. The van der Waals surface area contributed by atoms with Crippen LogP contribution in [-0.2, 0) is 32.6 Å². The largest absolute Gasteiger partial charge is 0.352 e. The number of amides is 2. The van der Waals surface area contributed by atoms with Crippen LogP contribution < -0.4 is 9.62 Å². The molecule has 4 aromatic carbocycles. The fraction of sp³-hybridized carbons (Fsp3) is 0.235. The highest BCUT2D eigenvalue weighted by atomic mass is 79.9. The zero-order valence-corrected chi connectivity index (χ0v) is 27.0. The smallest absolute Gasteiger partial charge is 0.264 e. The van der Waals surface area contributed by atoms with Crippen molar-refractivity contribution in [2.24, 2.45) is 0 Å². The van der Waals surface area contributed by atoms with Gasteiger partial charge in [-0.05, 0) is 60.9 Å². The van der Waals surface area contributed by atoms with Crippen LogP contribution in [-0.4, -0.2) is 43.8 Å². The molecule has 0 spiro atoms. The first-order valence-corrected chi connectivity index (χ1v) is 16.5. The molecule has 0 aliphatic rings. The van der Waals surface area contributed by atoms with Crippen LogP contribution >= 0.6 is 15.9 Å². The fourth-order valence-corrected chi connectivity index (χ4v) is 6.60. The van der Waals surface area contributed by atoms with E-state index in [1.165, 1.54) is 35.2 Å². The van der Waals surface area contributed by atoms with E-state index < -0.39 is 34.3 Å². The summed E-state index contributed by atoms with van der Waals surface area (Å²) in [6.07, 6.45) is 0.869. The molecule has 7 nitrogen and oxygen atoms in total. The number of carbonyl (C=O) groups is 2. The lowest BCUT2D eigenvalue weighted by molar-refractivity contribution is -0.140. The van der Waals surface area contributed by atoms with Gasteiger partial charge < -0.3 is 10.2 Å². The van der Waals surface area contributed by atoms with Gasteiger partial charge in [-0.2, -0.15) is 0 Å². The molecule has 0 heterocycles. The molecule has 44 heavy (non-hydrogen) atoms. The minimum Gasteiger partial charge on any atom is -0.352 e. The maximum atomic E-state index is 15.2. The lowest BCUT2D eigenvalue weighted by atomic mass is 10.0. The van der Waals surface area contributed by atoms with E-state index in [2.05, 4.69) is 21.2 Å². The number of sulfonamides is 1. The fourth-order valence-electron chi connectivity index (χ4n) is 4.71. The summed E-state index contributed by atoms with van der Waals surface area (Å²) < 4.78 is 44.6. The molecule has 10 heteroatoms. The summed E-state index contributed by atoms with van der Waals surface area (Å²) in [5.41, 5.74) is 1.29. The average molecular weight is 681 g/mol. The lowest BCUT2D eigenvalue weighted by Gasteiger charge is -2.34. The van der Waals surface area contributed by atoms with E-state index in [0.29, 0.717) is 6.42 Å². The second kappa shape index (κ2) is 15.1. The Labute approximate surface area is 266 Å². The van der Waals surface area contributed by atoms with Gasteiger partial charge in [0, 0.05) is 23.5 Å². The Kier molecular flexibility index (Phi) is 11.3. The first kappa shape index (κ1) is 32.9. The van der Waals surface area contributed by atoms with Crippen molar-refractivity contribution in [3.05, 3.63) is 131 Å². The van der Waals surface area contributed by atoms with Crippen molar-refractivity contribution in [1.82, 2.24) is 10.2 Å². The van der Waals surface area contributed by atoms with E-state index in [-0.39, 0.29) is 35.5 Å². The van der Waals surface area contributed by atoms with Gasteiger partial charge in [-0.3, -0.25) is 13.9 Å². The molecule has 2 amide bonds. The Morgan fingerprint density at radius 1 is 0.864 bits per heavy atom. The van der Waals surface area contributed by atoms with Gasteiger partial charge in [-0.1, -0.05) is 95.7 Å². The molecule has 0 saturated carbocycles. The minimum absolute atomic E-state index is 0.0141. The second-order valence-electron chi connectivity index (χ2n) is 10.5.